The molecule has 0 atom stereocenters. The molecule has 5 nitrogen and oxygen atoms in total. The summed E-state index contributed by atoms with van der Waals surface area (Å²) in [5.41, 5.74) is 12.8. The monoisotopic (exact) mass is 630 g/mol. The van der Waals surface area contributed by atoms with Crippen LogP contribution in [-0.4, -0.2) is 25.1 Å². The van der Waals surface area contributed by atoms with Gasteiger partial charge in [0.05, 0.1) is 38.8 Å². The number of allylic oxidation sites excluding steroid dienone is 4. The standard InChI is InChI=1S/C44H30N4O/c1-29-26-30(31-12-10-14-32(27-31)46-38-18-5-2-15-34(38)35-16-3-6-19-39(35)46)13-11-25-49-43-24-23-33(28-36(29)43)47-41-21-8-9-22-42(41)48-40-20-7-4-17-37(40)45-44(47)48/h2-24,26-28H,1,25H2/b13-11-,30-26+. The first kappa shape index (κ1) is 27.5. The number of ether oxygens (including phenoxy) is 1. The summed E-state index contributed by atoms with van der Waals surface area (Å²) in [6.07, 6.45) is 6.39. The summed E-state index contributed by atoms with van der Waals surface area (Å²) in [5.74, 6) is 1.67. The minimum Gasteiger partial charge on any atom is -0.489 e. The van der Waals surface area contributed by atoms with Crippen molar-refractivity contribution in [1.82, 2.24) is 18.5 Å². The van der Waals surface area contributed by atoms with Gasteiger partial charge in [-0.15, -0.1) is 0 Å². The molecule has 1 aliphatic heterocycles. The van der Waals surface area contributed by atoms with Crippen LogP contribution in [0.25, 0.3) is 72.2 Å². The van der Waals surface area contributed by atoms with Crippen molar-refractivity contribution in [1.29, 1.82) is 0 Å². The molecular formula is C44H30N4O. The van der Waals surface area contributed by atoms with E-state index in [0.29, 0.717) is 6.61 Å². The average Bonchev–Trinajstić information content (AvgIpc) is 3.81. The molecule has 0 saturated heterocycles. The minimum atomic E-state index is 0.450. The Bertz CT molecular complexity index is 2810. The Morgan fingerprint density at radius 2 is 1.27 bits per heavy atom. The van der Waals surface area contributed by atoms with Crippen molar-refractivity contribution in [2.45, 2.75) is 0 Å². The van der Waals surface area contributed by atoms with Gasteiger partial charge in [0.25, 0.3) is 0 Å². The topological polar surface area (TPSA) is 36.4 Å². The summed E-state index contributed by atoms with van der Waals surface area (Å²) in [5, 5.41) is 2.50. The number of nitrogens with zero attached hydrogens (tertiary/aromatic N) is 4. The molecule has 0 fully saturated rings. The van der Waals surface area contributed by atoms with Gasteiger partial charge >= 0.3 is 0 Å². The van der Waals surface area contributed by atoms with E-state index in [1.54, 1.807) is 0 Å². The highest BCUT2D eigenvalue weighted by atomic mass is 16.5. The lowest BCUT2D eigenvalue weighted by atomic mass is 9.98. The molecule has 0 unspecified atom stereocenters. The van der Waals surface area contributed by atoms with Gasteiger partial charge in [0, 0.05) is 22.0 Å². The molecule has 49 heavy (non-hydrogen) atoms. The van der Waals surface area contributed by atoms with E-state index in [1.807, 2.05) is 6.07 Å². The van der Waals surface area contributed by atoms with Crippen LogP contribution in [0.3, 0.4) is 0 Å². The fourth-order valence-electron chi connectivity index (χ4n) is 7.47. The molecule has 0 radical (unpaired) electrons. The molecule has 3 aromatic heterocycles. The molecule has 0 saturated carbocycles. The summed E-state index contributed by atoms with van der Waals surface area (Å²) >= 11 is 0. The van der Waals surface area contributed by atoms with Gasteiger partial charge in [-0.1, -0.05) is 85.5 Å². The van der Waals surface area contributed by atoms with E-state index in [9.17, 15) is 0 Å². The first-order valence-electron chi connectivity index (χ1n) is 16.5. The first-order valence-corrected chi connectivity index (χ1v) is 16.5. The fraction of sp³-hybridized carbons (Fsp3) is 0.0227. The summed E-state index contributed by atoms with van der Waals surface area (Å²) in [6, 6.07) is 49.1. The number of rotatable bonds is 3. The van der Waals surface area contributed by atoms with Crippen molar-refractivity contribution in [3.63, 3.8) is 0 Å². The second kappa shape index (κ2) is 10.7. The Labute approximate surface area is 282 Å². The van der Waals surface area contributed by atoms with E-state index in [0.717, 1.165) is 67.2 Å². The van der Waals surface area contributed by atoms with Crippen molar-refractivity contribution >= 4 is 60.8 Å². The first-order chi connectivity index (χ1) is 24.2. The quantitative estimate of drug-likeness (QED) is 0.195. The van der Waals surface area contributed by atoms with E-state index >= 15 is 0 Å². The Hall–Kier alpha value is -6.59. The molecule has 0 spiro atoms. The van der Waals surface area contributed by atoms with Crippen molar-refractivity contribution in [2.75, 3.05) is 6.61 Å². The highest BCUT2D eigenvalue weighted by Gasteiger charge is 2.19. The molecule has 5 heteroatoms. The maximum absolute atomic E-state index is 6.32. The van der Waals surface area contributed by atoms with Gasteiger partial charge in [0.2, 0.25) is 5.78 Å². The number of hydrogen-bond acceptors (Lipinski definition) is 2. The van der Waals surface area contributed by atoms with E-state index in [-0.39, 0.29) is 0 Å². The van der Waals surface area contributed by atoms with Crippen LogP contribution in [0.2, 0.25) is 0 Å². The van der Waals surface area contributed by atoms with Crippen molar-refractivity contribution < 1.29 is 4.74 Å². The largest absolute Gasteiger partial charge is 0.489 e. The average molecular weight is 631 g/mol. The van der Waals surface area contributed by atoms with Crippen LogP contribution in [0.5, 0.6) is 5.75 Å². The summed E-state index contributed by atoms with van der Waals surface area (Å²) in [6.45, 7) is 5.04. The predicted octanol–water partition coefficient (Wildman–Crippen LogP) is 10.6. The number of benzene rings is 6. The lowest BCUT2D eigenvalue weighted by Crippen LogP contribution is -2.00. The maximum atomic E-state index is 6.32. The molecule has 0 N–H and O–H groups in total. The van der Waals surface area contributed by atoms with E-state index in [4.69, 9.17) is 9.72 Å². The third-order valence-corrected chi connectivity index (χ3v) is 9.65. The van der Waals surface area contributed by atoms with E-state index in [1.165, 1.54) is 21.8 Å². The van der Waals surface area contributed by atoms with E-state index < -0.39 is 0 Å². The third-order valence-electron chi connectivity index (χ3n) is 9.65. The number of imidazole rings is 2. The summed E-state index contributed by atoms with van der Waals surface area (Å²) < 4.78 is 13.1. The predicted molar refractivity (Wildman–Crippen MR) is 202 cm³/mol. The molecule has 0 aliphatic carbocycles. The molecule has 1 aliphatic rings. The second-order valence-electron chi connectivity index (χ2n) is 12.5. The lowest BCUT2D eigenvalue weighted by molar-refractivity contribution is 0.362. The van der Waals surface area contributed by atoms with Crippen LogP contribution in [0.4, 0.5) is 0 Å². The van der Waals surface area contributed by atoms with Crippen molar-refractivity contribution in [2.24, 2.45) is 0 Å². The minimum absolute atomic E-state index is 0.450. The zero-order valence-electron chi connectivity index (χ0n) is 26.6. The Morgan fingerprint density at radius 3 is 2.06 bits per heavy atom. The van der Waals surface area contributed by atoms with Crippen LogP contribution in [0.15, 0.2) is 164 Å². The number of para-hydroxylation sites is 6. The Balaban J connectivity index is 1.10. The maximum Gasteiger partial charge on any atom is 0.220 e. The zero-order valence-corrected chi connectivity index (χ0v) is 26.6. The van der Waals surface area contributed by atoms with Crippen LogP contribution < -0.4 is 4.74 Å². The van der Waals surface area contributed by atoms with Crippen molar-refractivity contribution in [3.8, 4) is 17.1 Å². The molecule has 232 valence electrons. The normalized spacial score (nSPS) is 15.2. The highest BCUT2D eigenvalue weighted by Crippen LogP contribution is 2.37. The third kappa shape index (κ3) is 4.22. The number of fused-ring (bicyclic) bond motifs is 9. The molecule has 9 aromatic rings. The van der Waals surface area contributed by atoms with Crippen molar-refractivity contribution in [3.05, 3.63) is 175 Å². The molecule has 10 rings (SSSR count). The van der Waals surface area contributed by atoms with Gasteiger partial charge < -0.3 is 9.30 Å². The van der Waals surface area contributed by atoms with Crippen LogP contribution >= 0.6 is 0 Å². The molecule has 0 bridgehead atoms. The number of hydrogen-bond donors (Lipinski definition) is 0. The Kier molecular flexibility index (Phi) is 6.02. The van der Waals surface area contributed by atoms with Gasteiger partial charge in [-0.3, -0.25) is 8.97 Å². The van der Waals surface area contributed by atoms with Gasteiger partial charge in [0.1, 0.15) is 12.4 Å². The van der Waals surface area contributed by atoms with Gasteiger partial charge in [-0.2, -0.15) is 0 Å². The fourth-order valence-corrected chi connectivity index (χ4v) is 7.47. The molecule has 4 heterocycles. The van der Waals surface area contributed by atoms with Crippen LogP contribution in [0, 0.1) is 0 Å². The van der Waals surface area contributed by atoms with Crippen LogP contribution in [0.1, 0.15) is 11.1 Å². The molecule has 6 aromatic carbocycles. The smallest absolute Gasteiger partial charge is 0.220 e. The number of aromatic nitrogens is 4. The van der Waals surface area contributed by atoms with E-state index in [2.05, 4.69) is 172 Å². The zero-order chi connectivity index (χ0) is 32.5. The molecule has 0 amide bonds. The summed E-state index contributed by atoms with van der Waals surface area (Å²) in [7, 11) is 0. The highest BCUT2D eigenvalue weighted by molar-refractivity contribution is 6.09. The summed E-state index contributed by atoms with van der Waals surface area (Å²) in [4.78, 5) is 5.08. The van der Waals surface area contributed by atoms with Gasteiger partial charge in [0.15, 0.2) is 0 Å². The SMILES string of the molecule is C=C1/C=C(c2cccc(-n3c4ccccc4c4ccccc43)c2)\C=C/COc2ccc(-n3c4ccccc4n4c5ccccc5nc34)cc21. The van der Waals surface area contributed by atoms with Gasteiger partial charge in [-0.25, -0.2) is 4.98 Å². The van der Waals surface area contributed by atoms with Gasteiger partial charge in [-0.05, 0) is 95.6 Å². The van der Waals surface area contributed by atoms with Crippen LogP contribution in [-0.2, 0) is 0 Å². The lowest BCUT2D eigenvalue weighted by Gasteiger charge is -2.14. The molecular weight excluding hydrogens is 601 g/mol. The second-order valence-corrected chi connectivity index (χ2v) is 12.5. The Morgan fingerprint density at radius 1 is 0.592 bits per heavy atom.